The minimum Gasteiger partial charge on any atom is -0.322 e. The number of carbonyl (C=O) groups is 1. The highest BCUT2D eigenvalue weighted by molar-refractivity contribution is 5.95. The van der Waals surface area contributed by atoms with Crippen LogP contribution in [0.1, 0.15) is 33.4 Å². The van der Waals surface area contributed by atoms with Crippen LogP contribution in [0.2, 0.25) is 0 Å². The van der Waals surface area contributed by atoms with Gasteiger partial charge in [0.1, 0.15) is 0 Å². The van der Waals surface area contributed by atoms with Gasteiger partial charge in [-0.15, -0.1) is 0 Å². The number of amides is 1. The zero-order valence-corrected chi connectivity index (χ0v) is 11.2. The van der Waals surface area contributed by atoms with Crippen LogP contribution in [0.25, 0.3) is 0 Å². The summed E-state index contributed by atoms with van der Waals surface area (Å²) in [6.07, 6.45) is 2.58. The third-order valence-corrected chi connectivity index (χ3v) is 2.71. The molecule has 0 bridgehead atoms. The zero-order valence-electron chi connectivity index (χ0n) is 11.2. The van der Waals surface area contributed by atoms with Crippen molar-refractivity contribution < 1.29 is 4.79 Å². The number of nitrogens with one attached hydrogen (secondary N) is 1. The number of carbonyl (C=O) groups excluding carboxylic acids is 1. The molecular weight excluding hydrogens is 216 g/mol. The van der Waals surface area contributed by atoms with Crippen LogP contribution in [-0.2, 0) is 18.3 Å². The van der Waals surface area contributed by atoms with Crippen LogP contribution in [-0.4, -0.2) is 21.7 Å². The van der Waals surface area contributed by atoms with Gasteiger partial charge in [-0.25, -0.2) is 0 Å². The van der Waals surface area contributed by atoms with Gasteiger partial charge in [0.25, 0.3) is 0 Å². The molecule has 5 heteroatoms. The van der Waals surface area contributed by atoms with Crippen molar-refractivity contribution in [2.45, 2.75) is 40.2 Å². The smallest absolute Gasteiger partial charge is 0.241 e. The zero-order chi connectivity index (χ0) is 13.2. The van der Waals surface area contributed by atoms with Crippen molar-refractivity contribution in [1.29, 1.82) is 0 Å². The molecule has 0 saturated heterocycles. The molecule has 0 aromatic carbocycles. The molecule has 1 rings (SSSR count). The van der Waals surface area contributed by atoms with Crippen molar-refractivity contribution in [1.82, 2.24) is 9.78 Å². The summed E-state index contributed by atoms with van der Waals surface area (Å²) in [6.45, 7) is 7.84. The molecule has 0 fully saturated rings. The fraction of sp³-hybridized carbons (Fsp3) is 0.667. The summed E-state index contributed by atoms with van der Waals surface area (Å²) in [6, 6.07) is -0.535. The van der Waals surface area contributed by atoms with Gasteiger partial charge in [-0.1, -0.05) is 27.7 Å². The van der Waals surface area contributed by atoms with Crippen LogP contribution >= 0.6 is 0 Å². The maximum absolute atomic E-state index is 12.0. The standard InChI is InChI=1S/C12H22N4O/c1-6-8-9(7-16(5)15-8)14-11(17)10(13)12(2,3)4/h7,10H,6,13H2,1-5H3,(H,14,17)/t10-/m0/s1. The maximum Gasteiger partial charge on any atom is 0.241 e. The molecule has 0 saturated carbocycles. The normalized spacial score (nSPS) is 13.5. The number of aryl methyl sites for hydroxylation is 2. The number of hydrogen-bond donors (Lipinski definition) is 2. The Morgan fingerprint density at radius 2 is 2.18 bits per heavy atom. The Bertz CT molecular complexity index is 403. The van der Waals surface area contributed by atoms with E-state index in [0.29, 0.717) is 0 Å². The minimum atomic E-state index is -0.535. The lowest BCUT2D eigenvalue weighted by Gasteiger charge is -2.25. The van der Waals surface area contributed by atoms with Crippen LogP contribution < -0.4 is 11.1 Å². The first kappa shape index (κ1) is 13.7. The van der Waals surface area contributed by atoms with Gasteiger partial charge in [-0.2, -0.15) is 5.10 Å². The van der Waals surface area contributed by atoms with Gasteiger partial charge in [-0.3, -0.25) is 9.48 Å². The number of rotatable bonds is 3. The topological polar surface area (TPSA) is 72.9 Å². The van der Waals surface area contributed by atoms with E-state index in [2.05, 4.69) is 10.4 Å². The van der Waals surface area contributed by atoms with Gasteiger partial charge in [-0.05, 0) is 11.8 Å². The van der Waals surface area contributed by atoms with Crippen LogP contribution in [0.15, 0.2) is 6.20 Å². The molecule has 0 spiro atoms. The van der Waals surface area contributed by atoms with Gasteiger partial charge in [0.2, 0.25) is 5.91 Å². The molecule has 1 atom stereocenters. The van der Waals surface area contributed by atoms with Crippen molar-refractivity contribution in [3.8, 4) is 0 Å². The van der Waals surface area contributed by atoms with Crippen LogP contribution in [0.5, 0.6) is 0 Å². The molecule has 5 nitrogen and oxygen atoms in total. The van der Waals surface area contributed by atoms with E-state index in [0.717, 1.165) is 17.8 Å². The third-order valence-electron chi connectivity index (χ3n) is 2.71. The quantitative estimate of drug-likeness (QED) is 0.833. The van der Waals surface area contributed by atoms with Crippen LogP contribution in [0.3, 0.4) is 0 Å². The second-order valence-electron chi connectivity index (χ2n) is 5.35. The van der Waals surface area contributed by atoms with Gasteiger partial charge in [0.05, 0.1) is 17.4 Å². The number of anilines is 1. The molecule has 0 aliphatic rings. The number of nitrogens with zero attached hydrogens (tertiary/aromatic N) is 2. The van der Waals surface area contributed by atoms with Crippen molar-refractivity contribution in [2.24, 2.45) is 18.2 Å². The molecule has 1 aromatic rings. The third kappa shape index (κ3) is 3.30. The lowest BCUT2D eigenvalue weighted by atomic mass is 9.87. The van der Waals surface area contributed by atoms with Crippen LogP contribution in [0.4, 0.5) is 5.69 Å². The first-order valence-corrected chi connectivity index (χ1v) is 5.84. The summed E-state index contributed by atoms with van der Waals surface area (Å²) in [5.41, 5.74) is 7.28. The molecular formula is C12H22N4O. The number of hydrogen-bond acceptors (Lipinski definition) is 3. The highest BCUT2D eigenvalue weighted by Gasteiger charge is 2.28. The number of nitrogens with two attached hydrogens (primary N) is 1. The fourth-order valence-corrected chi connectivity index (χ4v) is 1.50. The summed E-state index contributed by atoms with van der Waals surface area (Å²) in [5.74, 6) is -0.166. The molecule has 96 valence electrons. The molecule has 0 aliphatic heterocycles. The monoisotopic (exact) mass is 238 g/mol. The largest absolute Gasteiger partial charge is 0.322 e. The highest BCUT2D eigenvalue weighted by atomic mass is 16.2. The second-order valence-corrected chi connectivity index (χ2v) is 5.35. The highest BCUT2D eigenvalue weighted by Crippen LogP contribution is 2.20. The Hall–Kier alpha value is -1.36. The van der Waals surface area contributed by atoms with E-state index < -0.39 is 6.04 Å². The van der Waals surface area contributed by atoms with Gasteiger partial charge < -0.3 is 11.1 Å². The van der Waals surface area contributed by atoms with Crippen molar-refractivity contribution in [2.75, 3.05) is 5.32 Å². The second kappa shape index (κ2) is 4.87. The maximum atomic E-state index is 12.0. The Morgan fingerprint density at radius 3 is 2.65 bits per heavy atom. The molecule has 0 unspecified atom stereocenters. The first-order chi connectivity index (χ1) is 7.75. The van der Waals surface area contributed by atoms with E-state index in [9.17, 15) is 4.79 Å². The summed E-state index contributed by atoms with van der Waals surface area (Å²) < 4.78 is 1.69. The molecule has 1 amide bonds. The van der Waals surface area contributed by atoms with E-state index in [-0.39, 0.29) is 11.3 Å². The Morgan fingerprint density at radius 1 is 1.59 bits per heavy atom. The summed E-state index contributed by atoms with van der Waals surface area (Å²) in [7, 11) is 1.83. The lowest BCUT2D eigenvalue weighted by Crippen LogP contribution is -2.45. The van der Waals surface area contributed by atoms with Gasteiger partial charge in [0, 0.05) is 13.2 Å². The summed E-state index contributed by atoms with van der Waals surface area (Å²) in [4.78, 5) is 12.0. The summed E-state index contributed by atoms with van der Waals surface area (Å²) in [5, 5.41) is 7.11. The molecule has 3 N–H and O–H groups in total. The first-order valence-electron chi connectivity index (χ1n) is 5.84. The average Bonchev–Trinajstić information content (AvgIpc) is 2.56. The van der Waals surface area contributed by atoms with E-state index in [1.54, 1.807) is 10.9 Å². The van der Waals surface area contributed by atoms with Crippen LogP contribution in [0, 0.1) is 5.41 Å². The Kier molecular flexibility index (Phi) is 3.93. The molecule has 1 heterocycles. The lowest BCUT2D eigenvalue weighted by molar-refractivity contribution is -0.119. The van der Waals surface area contributed by atoms with E-state index in [4.69, 9.17) is 5.73 Å². The van der Waals surface area contributed by atoms with E-state index in [1.165, 1.54) is 0 Å². The molecule has 0 aliphatic carbocycles. The summed E-state index contributed by atoms with van der Waals surface area (Å²) >= 11 is 0. The molecule has 1 aromatic heterocycles. The molecule has 0 radical (unpaired) electrons. The minimum absolute atomic E-state index is 0.166. The van der Waals surface area contributed by atoms with Gasteiger partial charge in [0.15, 0.2) is 0 Å². The molecule has 17 heavy (non-hydrogen) atoms. The average molecular weight is 238 g/mol. The predicted molar refractivity (Wildman–Crippen MR) is 68.6 cm³/mol. The van der Waals surface area contributed by atoms with Crippen molar-refractivity contribution in [3.05, 3.63) is 11.9 Å². The SMILES string of the molecule is CCc1nn(C)cc1NC(=O)[C@H](N)C(C)(C)C. The van der Waals surface area contributed by atoms with Crippen molar-refractivity contribution in [3.63, 3.8) is 0 Å². The Balaban J connectivity index is 2.81. The van der Waals surface area contributed by atoms with E-state index >= 15 is 0 Å². The van der Waals surface area contributed by atoms with Gasteiger partial charge >= 0.3 is 0 Å². The number of aromatic nitrogens is 2. The van der Waals surface area contributed by atoms with E-state index in [1.807, 2.05) is 34.7 Å². The fourth-order valence-electron chi connectivity index (χ4n) is 1.50. The Labute approximate surface area is 102 Å². The van der Waals surface area contributed by atoms with Crippen molar-refractivity contribution >= 4 is 11.6 Å². The predicted octanol–water partition coefficient (Wildman–Crippen LogP) is 1.29.